The molecular weight excluding hydrogens is 382 g/mol. The highest BCUT2D eigenvalue weighted by Crippen LogP contribution is 2.28. The maximum Gasteiger partial charge on any atom is 0.348 e. The molecule has 0 spiro atoms. The molecular formula is C17H15N7OS2. The molecule has 2 N–H and O–H groups in total. The lowest BCUT2D eigenvalue weighted by atomic mass is 10.3. The van der Waals surface area contributed by atoms with Gasteiger partial charge < -0.3 is 10.6 Å². The molecule has 0 atom stereocenters. The van der Waals surface area contributed by atoms with E-state index in [9.17, 15) is 0 Å². The van der Waals surface area contributed by atoms with E-state index in [0.29, 0.717) is 10.7 Å². The third-order valence-electron chi connectivity index (χ3n) is 3.49. The molecule has 0 amide bonds. The van der Waals surface area contributed by atoms with Crippen LogP contribution >= 0.6 is 23.1 Å². The predicted octanol–water partition coefficient (Wildman–Crippen LogP) is 3.28. The molecule has 136 valence electrons. The smallest absolute Gasteiger partial charge is 0.348 e. The van der Waals surface area contributed by atoms with Crippen LogP contribution in [0.3, 0.4) is 0 Å². The van der Waals surface area contributed by atoms with E-state index < -0.39 is 0 Å². The Kier molecular flexibility index (Phi) is 5.63. The zero-order valence-corrected chi connectivity index (χ0v) is 16.4. The molecule has 0 saturated carbocycles. The van der Waals surface area contributed by atoms with E-state index >= 15 is 0 Å². The van der Waals surface area contributed by atoms with Crippen molar-refractivity contribution in [3.63, 3.8) is 0 Å². The minimum Gasteiger partial charge on any atom is -0.382 e. The Hall–Kier alpha value is -3.03. The summed E-state index contributed by atoms with van der Waals surface area (Å²) in [5, 5.41) is 14.5. The molecule has 8 nitrogen and oxygen atoms in total. The molecule has 0 aromatic carbocycles. The SMILES string of the molecule is CSc1nc(O/N=C(\C)c2sc(-c3cccnc3)nc2C)nc(N)c1C#N. The minimum absolute atomic E-state index is 0.00940. The lowest BCUT2D eigenvalue weighted by Gasteiger charge is -2.04. The van der Waals surface area contributed by atoms with Gasteiger partial charge in [0, 0.05) is 18.0 Å². The minimum atomic E-state index is -0.00940. The normalized spacial score (nSPS) is 11.3. The topological polar surface area (TPSA) is 123 Å². The van der Waals surface area contributed by atoms with E-state index in [2.05, 4.69) is 25.1 Å². The second-order valence-corrected chi connectivity index (χ2v) is 7.12. The number of rotatable bonds is 5. The first-order valence-corrected chi connectivity index (χ1v) is 9.79. The summed E-state index contributed by atoms with van der Waals surface area (Å²) in [6, 6.07) is 5.80. The third-order valence-corrected chi connectivity index (χ3v) is 5.48. The Bertz CT molecular complexity index is 1040. The zero-order chi connectivity index (χ0) is 19.4. The van der Waals surface area contributed by atoms with E-state index in [-0.39, 0.29) is 17.4 Å². The third kappa shape index (κ3) is 4.05. The Balaban J connectivity index is 1.86. The number of oxime groups is 1. The largest absolute Gasteiger partial charge is 0.382 e. The van der Waals surface area contributed by atoms with Gasteiger partial charge in [-0.1, -0.05) is 5.16 Å². The van der Waals surface area contributed by atoms with Gasteiger partial charge in [0.1, 0.15) is 27.5 Å². The van der Waals surface area contributed by atoms with Crippen LogP contribution in [0.25, 0.3) is 10.6 Å². The number of nitrogens with two attached hydrogens (primary N) is 1. The highest BCUT2D eigenvalue weighted by Gasteiger charge is 2.15. The van der Waals surface area contributed by atoms with Gasteiger partial charge in [-0.3, -0.25) is 4.98 Å². The van der Waals surface area contributed by atoms with Crippen LogP contribution in [0.2, 0.25) is 0 Å². The number of aromatic nitrogens is 4. The molecule has 3 aromatic rings. The molecule has 27 heavy (non-hydrogen) atoms. The van der Waals surface area contributed by atoms with Crippen molar-refractivity contribution in [2.45, 2.75) is 18.9 Å². The zero-order valence-electron chi connectivity index (χ0n) is 14.8. The van der Waals surface area contributed by atoms with Crippen molar-refractivity contribution in [1.29, 1.82) is 5.26 Å². The van der Waals surface area contributed by atoms with E-state index in [1.54, 1.807) is 18.6 Å². The Morgan fingerprint density at radius 3 is 2.85 bits per heavy atom. The maximum atomic E-state index is 9.11. The first-order valence-electron chi connectivity index (χ1n) is 7.75. The van der Waals surface area contributed by atoms with Crippen LogP contribution in [0.15, 0.2) is 34.7 Å². The highest BCUT2D eigenvalue weighted by atomic mass is 32.2. The summed E-state index contributed by atoms with van der Waals surface area (Å²) >= 11 is 2.78. The summed E-state index contributed by atoms with van der Waals surface area (Å²) in [5.41, 5.74) is 8.44. The summed E-state index contributed by atoms with van der Waals surface area (Å²) in [7, 11) is 0. The number of hydrogen-bond acceptors (Lipinski definition) is 10. The van der Waals surface area contributed by atoms with Crippen LogP contribution in [0, 0.1) is 18.3 Å². The van der Waals surface area contributed by atoms with Crippen molar-refractivity contribution in [2.75, 3.05) is 12.0 Å². The number of hydrogen-bond donors (Lipinski definition) is 1. The van der Waals surface area contributed by atoms with Crippen molar-refractivity contribution in [2.24, 2.45) is 5.16 Å². The van der Waals surface area contributed by atoms with E-state index in [1.807, 2.05) is 32.0 Å². The van der Waals surface area contributed by atoms with Gasteiger partial charge in [0.25, 0.3) is 0 Å². The lowest BCUT2D eigenvalue weighted by molar-refractivity contribution is 0.310. The fourth-order valence-electron chi connectivity index (χ4n) is 2.23. The second kappa shape index (κ2) is 8.11. The van der Waals surface area contributed by atoms with Crippen molar-refractivity contribution in [1.82, 2.24) is 19.9 Å². The monoisotopic (exact) mass is 397 g/mol. The lowest BCUT2D eigenvalue weighted by Crippen LogP contribution is -2.04. The van der Waals surface area contributed by atoms with Gasteiger partial charge in [-0.15, -0.1) is 23.1 Å². The first-order chi connectivity index (χ1) is 13.0. The fourth-order valence-corrected chi connectivity index (χ4v) is 3.74. The summed E-state index contributed by atoms with van der Waals surface area (Å²) in [5.74, 6) is 0.0625. The van der Waals surface area contributed by atoms with E-state index in [0.717, 1.165) is 21.1 Å². The average Bonchev–Trinajstić information content (AvgIpc) is 3.08. The highest BCUT2D eigenvalue weighted by molar-refractivity contribution is 7.98. The van der Waals surface area contributed by atoms with Crippen molar-refractivity contribution >= 4 is 34.6 Å². The van der Waals surface area contributed by atoms with Gasteiger partial charge in [0.05, 0.1) is 16.3 Å². The standard InChI is InChI=1S/C17H15N7OS2/c1-9-13(27-15(21-9)11-5-4-6-20-8-11)10(2)24-25-17-22-14(19)12(7-18)16(23-17)26-3/h4-6,8H,1-3H3,(H2,19,22,23)/b24-10+. The number of nitrogen functional groups attached to an aromatic ring is 1. The van der Waals surface area contributed by atoms with Crippen LogP contribution in [-0.2, 0) is 0 Å². The molecule has 0 fully saturated rings. The Morgan fingerprint density at radius 1 is 1.37 bits per heavy atom. The molecule has 0 bridgehead atoms. The number of thiazole rings is 1. The molecule has 3 aromatic heterocycles. The van der Waals surface area contributed by atoms with Crippen LogP contribution in [0.4, 0.5) is 5.82 Å². The molecule has 3 rings (SSSR count). The van der Waals surface area contributed by atoms with E-state index in [4.69, 9.17) is 15.8 Å². The summed E-state index contributed by atoms with van der Waals surface area (Å²) in [4.78, 5) is 23.1. The van der Waals surface area contributed by atoms with Gasteiger partial charge in [0.15, 0.2) is 0 Å². The van der Waals surface area contributed by atoms with Gasteiger partial charge >= 0.3 is 6.01 Å². The van der Waals surface area contributed by atoms with Gasteiger partial charge in [-0.25, -0.2) is 4.98 Å². The molecule has 0 saturated heterocycles. The number of nitriles is 1. The fraction of sp³-hybridized carbons (Fsp3) is 0.176. The maximum absolute atomic E-state index is 9.11. The van der Waals surface area contributed by atoms with Gasteiger partial charge in [-0.2, -0.15) is 15.2 Å². The van der Waals surface area contributed by atoms with Crippen LogP contribution in [0.5, 0.6) is 6.01 Å². The number of thioether (sulfide) groups is 1. The van der Waals surface area contributed by atoms with Gasteiger partial charge in [-0.05, 0) is 32.2 Å². The number of pyridine rings is 1. The molecule has 0 radical (unpaired) electrons. The van der Waals surface area contributed by atoms with Crippen molar-refractivity contribution in [3.8, 4) is 22.7 Å². The molecule has 3 heterocycles. The van der Waals surface area contributed by atoms with Crippen LogP contribution in [-0.4, -0.2) is 31.9 Å². The summed E-state index contributed by atoms with van der Waals surface area (Å²) in [6.45, 7) is 3.72. The summed E-state index contributed by atoms with van der Waals surface area (Å²) in [6.07, 6.45) is 5.28. The Labute approximate surface area is 164 Å². The Morgan fingerprint density at radius 2 is 2.19 bits per heavy atom. The summed E-state index contributed by atoms with van der Waals surface area (Å²) < 4.78 is 0. The first kappa shape index (κ1) is 18.8. The number of aryl methyl sites for hydroxylation is 1. The van der Waals surface area contributed by atoms with Crippen LogP contribution in [0.1, 0.15) is 23.1 Å². The number of anilines is 1. The number of nitrogens with zero attached hydrogens (tertiary/aromatic N) is 6. The molecule has 0 unspecified atom stereocenters. The molecule has 0 aliphatic rings. The second-order valence-electron chi connectivity index (χ2n) is 5.33. The quantitative estimate of drug-likeness (QED) is 0.301. The van der Waals surface area contributed by atoms with Crippen LogP contribution < -0.4 is 10.6 Å². The molecule has 10 heteroatoms. The molecule has 0 aliphatic carbocycles. The van der Waals surface area contributed by atoms with E-state index in [1.165, 1.54) is 23.1 Å². The average molecular weight is 397 g/mol. The van der Waals surface area contributed by atoms with Gasteiger partial charge in [0.2, 0.25) is 0 Å². The molecule has 0 aliphatic heterocycles. The van der Waals surface area contributed by atoms with Crippen molar-refractivity contribution in [3.05, 3.63) is 40.7 Å². The van der Waals surface area contributed by atoms with Crippen molar-refractivity contribution < 1.29 is 4.84 Å². The predicted molar refractivity (Wildman–Crippen MR) is 106 cm³/mol.